The van der Waals surface area contributed by atoms with Gasteiger partial charge in [-0.1, -0.05) is 0 Å². The second kappa shape index (κ2) is 5.50. The van der Waals surface area contributed by atoms with Gasteiger partial charge in [0.25, 0.3) is 0 Å². The quantitative estimate of drug-likeness (QED) is 0.726. The Hall–Kier alpha value is -1.36. The summed E-state index contributed by atoms with van der Waals surface area (Å²) in [6, 6.07) is 0.198. The summed E-state index contributed by atoms with van der Waals surface area (Å²) in [6.07, 6.45) is 4.16. The van der Waals surface area contributed by atoms with Crippen molar-refractivity contribution in [2.45, 2.75) is 19.4 Å². The van der Waals surface area contributed by atoms with E-state index < -0.39 is 0 Å². The van der Waals surface area contributed by atoms with Gasteiger partial charge >= 0.3 is 5.97 Å². The molecule has 0 saturated carbocycles. The van der Waals surface area contributed by atoms with Gasteiger partial charge in [-0.3, -0.25) is 9.48 Å². The molecule has 1 aromatic heterocycles. The number of nitrogens with one attached hydrogen (secondary N) is 1. The van der Waals surface area contributed by atoms with Gasteiger partial charge in [0, 0.05) is 31.4 Å². The minimum Gasteiger partial charge on any atom is -0.469 e. The summed E-state index contributed by atoms with van der Waals surface area (Å²) in [4.78, 5) is 10.9. The van der Waals surface area contributed by atoms with Crippen molar-refractivity contribution in [3.63, 3.8) is 0 Å². The van der Waals surface area contributed by atoms with E-state index in [9.17, 15) is 4.79 Å². The van der Waals surface area contributed by atoms with E-state index in [1.165, 1.54) is 7.11 Å². The van der Waals surface area contributed by atoms with Crippen molar-refractivity contribution in [2.24, 2.45) is 7.05 Å². The van der Waals surface area contributed by atoms with Crippen LogP contribution in [0, 0.1) is 0 Å². The molecule has 1 N–H and O–H groups in total. The summed E-state index contributed by atoms with van der Waals surface area (Å²) >= 11 is 0. The van der Waals surface area contributed by atoms with Crippen LogP contribution >= 0.6 is 0 Å². The summed E-state index contributed by atoms with van der Waals surface area (Å²) in [5.74, 6) is -0.194. The summed E-state index contributed by atoms with van der Waals surface area (Å²) in [5.41, 5.74) is 1.11. The number of esters is 1. The first-order chi connectivity index (χ1) is 7.13. The second-order valence-electron chi connectivity index (χ2n) is 3.45. The van der Waals surface area contributed by atoms with E-state index in [0.717, 1.165) is 5.56 Å². The van der Waals surface area contributed by atoms with Crippen LogP contribution in [0.3, 0.4) is 0 Å². The van der Waals surface area contributed by atoms with E-state index in [4.69, 9.17) is 0 Å². The van der Waals surface area contributed by atoms with Gasteiger partial charge in [0.2, 0.25) is 0 Å². The fraction of sp³-hybridized carbons (Fsp3) is 0.600. The number of hydrogen-bond donors (Lipinski definition) is 1. The molecular weight excluding hydrogens is 194 g/mol. The third-order valence-electron chi connectivity index (χ3n) is 2.23. The highest BCUT2D eigenvalue weighted by Gasteiger charge is 2.07. The number of carbonyl (C=O) groups is 1. The second-order valence-corrected chi connectivity index (χ2v) is 3.45. The third kappa shape index (κ3) is 3.71. The molecule has 1 rings (SSSR count). The first-order valence-corrected chi connectivity index (χ1v) is 4.92. The molecular formula is C10H17N3O2. The van der Waals surface area contributed by atoms with Gasteiger partial charge < -0.3 is 10.1 Å². The minimum atomic E-state index is -0.194. The largest absolute Gasteiger partial charge is 0.469 e. The molecule has 5 heteroatoms. The fourth-order valence-electron chi connectivity index (χ4n) is 1.27. The molecule has 15 heavy (non-hydrogen) atoms. The van der Waals surface area contributed by atoms with Gasteiger partial charge in [0.05, 0.1) is 19.7 Å². The molecule has 0 bridgehead atoms. The van der Waals surface area contributed by atoms with E-state index in [2.05, 4.69) is 15.2 Å². The maximum atomic E-state index is 10.9. The molecule has 84 valence electrons. The number of methoxy groups -OCH3 is 1. The first-order valence-electron chi connectivity index (χ1n) is 4.92. The highest BCUT2D eigenvalue weighted by molar-refractivity contribution is 5.69. The molecule has 0 aromatic carbocycles. The molecule has 0 aliphatic carbocycles. The van der Waals surface area contributed by atoms with Crippen molar-refractivity contribution in [1.29, 1.82) is 0 Å². The van der Waals surface area contributed by atoms with Gasteiger partial charge in [-0.2, -0.15) is 5.10 Å². The molecule has 1 atom stereocenters. The van der Waals surface area contributed by atoms with Gasteiger partial charge in [0.1, 0.15) is 0 Å². The van der Waals surface area contributed by atoms with Gasteiger partial charge in [-0.05, 0) is 6.92 Å². The maximum Gasteiger partial charge on any atom is 0.306 e. The van der Waals surface area contributed by atoms with E-state index in [0.29, 0.717) is 13.0 Å². The predicted octanol–water partition coefficient (Wildman–Crippen LogP) is 0.634. The Morgan fingerprint density at radius 1 is 1.73 bits per heavy atom. The lowest BCUT2D eigenvalue weighted by Gasteiger charge is -2.10. The Kier molecular flexibility index (Phi) is 4.30. The predicted molar refractivity (Wildman–Crippen MR) is 56.3 cm³/mol. The molecule has 0 aliphatic rings. The monoisotopic (exact) mass is 211 g/mol. The number of aryl methyl sites for hydroxylation is 1. The lowest BCUT2D eigenvalue weighted by molar-refractivity contribution is -0.140. The highest BCUT2D eigenvalue weighted by atomic mass is 16.5. The van der Waals surface area contributed by atoms with Crippen molar-refractivity contribution >= 4 is 5.97 Å². The number of carbonyl (C=O) groups excluding carboxylic acids is 1. The van der Waals surface area contributed by atoms with Crippen LogP contribution in [0.1, 0.15) is 24.9 Å². The van der Waals surface area contributed by atoms with Gasteiger partial charge in [-0.15, -0.1) is 0 Å². The Morgan fingerprint density at radius 2 is 2.47 bits per heavy atom. The molecule has 1 unspecified atom stereocenters. The van der Waals surface area contributed by atoms with Crippen LogP contribution in [-0.4, -0.2) is 29.4 Å². The van der Waals surface area contributed by atoms with Crippen LogP contribution < -0.4 is 5.32 Å². The normalized spacial score (nSPS) is 12.5. The smallest absolute Gasteiger partial charge is 0.306 e. The number of hydrogen-bond acceptors (Lipinski definition) is 4. The summed E-state index contributed by atoms with van der Waals surface area (Å²) in [7, 11) is 3.28. The van der Waals surface area contributed by atoms with Gasteiger partial charge in [0.15, 0.2) is 0 Å². The third-order valence-corrected chi connectivity index (χ3v) is 2.23. The molecule has 0 aliphatic heterocycles. The summed E-state index contributed by atoms with van der Waals surface area (Å²) in [5, 5.41) is 7.31. The summed E-state index contributed by atoms with van der Waals surface area (Å²) in [6.45, 7) is 2.65. The van der Waals surface area contributed by atoms with Crippen molar-refractivity contribution < 1.29 is 9.53 Å². The van der Waals surface area contributed by atoms with E-state index in [-0.39, 0.29) is 12.0 Å². The molecule has 0 spiro atoms. The number of nitrogens with zero attached hydrogens (tertiary/aromatic N) is 2. The average Bonchev–Trinajstić information content (AvgIpc) is 2.64. The zero-order valence-electron chi connectivity index (χ0n) is 9.36. The van der Waals surface area contributed by atoms with Gasteiger partial charge in [-0.25, -0.2) is 0 Å². The lowest BCUT2D eigenvalue weighted by Crippen LogP contribution is -2.22. The zero-order chi connectivity index (χ0) is 11.3. The van der Waals surface area contributed by atoms with Crippen LogP contribution in [0.25, 0.3) is 0 Å². The number of ether oxygens (including phenoxy) is 1. The van der Waals surface area contributed by atoms with Crippen LogP contribution in [0.5, 0.6) is 0 Å². The molecule has 0 fully saturated rings. The molecule has 0 radical (unpaired) electrons. The Morgan fingerprint density at radius 3 is 3.00 bits per heavy atom. The Balaban J connectivity index is 2.30. The van der Waals surface area contributed by atoms with Crippen molar-refractivity contribution in [3.8, 4) is 0 Å². The van der Waals surface area contributed by atoms with Crippen molar-refractivity contribution in [1.82, 2.24) is 15.1 Å². The molecule has 1 aromatic rings. The zero-order valence-corrected chi connectivity index (χ0v) is 9.36. The van der Waals surface area contributed by atoms with E-state index in [1.807, 2.05) is 26.4 Å². The van der Waals surface area contributed by atoms with Crippen LogP contribution in [0.15, 0.2) is 12.4 Å². The van der Waals surface area contributed by atoms with Crippen molar-refractivity contribution in [2.75, 3.05) is 13.7 Å². The van der Waals surface area contributed by atoms with Crippen LogP contribution in [0.2, 0.25) is 0 Å². The number of rotatable bonds is 5. The molecule has 1 heterocycles. The van der Waals surface area contributed by atoms with E-state index in [1.54, 1.807) is 4.68 Å². The Labute approximate surface area is 89.4 Å². The first kappa shape index (κ1) is 11.7. The topological polar surface area (TPSA) is 56.1 Å². The highest BCUT2D eigenvalue weighted by Crippen LogP contribution is 2.09. The van der Waals surface area contributed by atoms with Crippen LogP contribution in [-0.2, 0) is 16.6 Å². The molecule has 0 amide bonds. The maximum absolute atomic E-state index is 10.9. The fourth-order valence-corrected chi connectivity index (χ4v) is 1.27. The lowest BCUT2D eigenvalue weighted by atomic mass is 10.2. The minimum absolute atomic E-state index is 0.194. The summed E-state index contributed by atoms with van der Waals surface area (Å²) < 4.78 is 6.30. The number of aromatic nitrogens is 2. The standard InChI is InChI=1S/C10H17N3O2/c1-8(9-6-12-13(2)7-9)11-5-4-10(14)15-3/h6-8,11H,4-5H2,1-3H3. The Bertz CT molecular complexity index is 322. The van der Waals surface area contributed by atoms with E-state index >= 15 is 0 Å². The SMILES string of the molecule is COC(=O)CCNC(C)c1cnn(C)c1. The average molecular weight is 211 g/mol. The van der Waals surface area contributed by atoms with Crippen molar-refractivity contribution in [3.05, 3.63) is 18.0 Å². The molecule has 0 saturated heterocycles. The van der Waals surface area contributed by atoms with Crippen LogP contribution in [0.4, 0.5) is 0 Å². The molecule has 5 nitrogen and oxygen atoms in total.